The molecule has 0 heterocycles. The molecule has 3 nitrogen and oxygen atoms in total. The van der Waals surface area contributed by atoms with Crippen LogP contribution >= 0.6 is 15.9 Å². The van der Waals surface area contributed by atoms with Gasteiger partial charge < -0.3 is 5.73 Å². The van der Waals surface area contributed by atoms with Gasteiger partial charge in [-0.05, 0) is 18.6 Å². The SMILES string of the molecule is CCCCS(=O)(=O)Cc1c(N)cccc1Br. The first-order valence-corrected chi connectivity index (χ1v) is 7.81. The van der Waals surface area contributed by atoms with E-state index in [1.165, 1.54) is 0 Å². The number of nitrogen functional groups attached to an aromatic ring is 1. The van der Waals surface area contributed by atoms with Gasteiger partial charge in [0.1, 0.15) is 0 Å². The second-order valence-electron chi connectivity index (χ2n) is 3.75. The maximum atomic E-state index is 11.8. The first-order chi connectivity index (χ1) is 7.46. The van der Waals surface area contributed by atoms with Gasteiger partial charge in [0.05, 0.1) is 11.5 Å². The third-order valence-corrected chi connectivity index (χ3v) is 4.71. The lowest BCUT2D eigenvalue weighted by Crippen LogP contribution is -2.11. The van der Waals surface area contributed by atoms with Crippen molar-refractivity contribution >= 4 is 31.5 Å². The smallest absolute Gasteiger partial charge is 0.154 e. The second-order valence-corrected chi connectivity index (χ2v) is 6.79. The quantitative estimate of drug-likeness (QED) is 0.851. The van der Waals surface area contributed by atoms with Crippen molar-refractivity contribution in [3.63, 3.8) is 0 Å². The molecule has 0 saturated carbocycles. The van der Waals surface area contributed by atoms with Crippen LogP contribution in [0.2, 0.25) is 0 Å². The number of anilines is 1. The number of halogens is 1. The molecule has 90 valence electrons. The van der Waals surface area contributed by atoms with Crippen LogP contribution in [0.3, 0.4) is 0 Å². The summed E-state index contributed by atoms with van der Waals surface area (Å²) in [5.74, 6) is 0.241. The van der Waals surface area contributed by atoms with Gasteiger partial charge in [-0.3, -0.25) is 0 Å². The fraction of sp³-hybridized carbons (Fsp3) is 0.455. The molecule has 1 rings (SSSR count). The van der Waals surface area contributed by atoms with E-state index in [2.05, 4.69) is 15.9 Å². The maximum absolute atomic E-state index is 11.8. The molecule has 0 saturated heterocycles. The summed E-state index contributed by atoms with van der Waals surface area (Å²) < 4.78 is 24.3. The standard InChI is InChI=1S/C11H16BrNO2S/c1-2-3-7-16(14,15)8-9-10(12)5-4-6-11(9)13/h4-6H,2-3,7-8,13H2,1H3. The van der Waals surface area contributed by atoms with Gasteiger partial charge in [0.15, 0.2) is 9.84 Å². The third kappa shape index (κ3) is 3.79. The first kappa shape index (κ1) is 13.5. The van der Waals surface area contributed by atoms with Crippen LogP contribution in [-0.4, -0.2) is 14.2 Å². The van der Waals surface area contributed by atoms with Gasteiger partial charge in [-0.15, -0.1) is 0 Å². The number of hydrogen-bond acceptors (Lipinski definition) is 3. The van der Waals surface area contributed by atoms with Gasteiger partial charge >= 0.3 is 0 Å². The molecule has 0 aliphatic rings. The Balaban J connectivity index is 2.88. The summed E-state index contributed by atoms with van der Waals surface area (Å²) in [4.78, 5) is 0. The lowest BCUT2D eigenvalue weighted by atomic mass is 10.2. The largest absolute Gasteiger partial charge is 0.398 e. The fourth-order valence-electron chi connectivity index (χ4n) is 1.38. The van der Waals surface area contributed by atoms with Gasteiger partial charge in [0.2, 0.25) is 0 Å². The molecule has 0 radical (unpaired) electrons. The van der Waals surface area contributed by atoms with E-state index in [0.717, 1.165) is 10.9 Å². The molecule has 0 atom stereocenters. The Morgan fingerprint density at radius 2 is 2.06 bits per heavy atom. The number of nitrogens with two attached hydrogens (primary N) is 1. The number of sulfone groups is 1. The molecule has 16 heavy (non-hydrogen) atoms. The predicted octanol–water partition coefficient (Wildman–Crippen LogP) is 2.75. The van der Waals surface area contributed by atoms with E-state index in [1.807, 2.05) is 6.92 Å². The predicted molar refractivity (Wildman–Crippen MR) is 71.0 cm³/mol. The second kappa shape index (κ2) is 5.68. The Labute approximate surface area is 105 Å². The summed E-state index contributed by atoms with van der Waals surface area (Å²) in [5, 5.41) is 0. The highest BCUT2D eigenvalue weighted by atomic mass is 79.9. The van der Waals surface area contributed by atoms with Gasteiger partial charge in [-0.2, -0.15) is 0 Å². The van der Waals surface area contributed by atoms with E-state index in [-0.39, 0.29) is 11.5 Å². The fourth-order valence-corrected chi connectivity index (χ4v) is 3.73. The van der Waals surface area contributed by atoms with E-state index in [9.17, 15) is 8.42 Å². The van der Waals surface area contributed by atoms with E-state index >= 15 is 0 Å². The van der Waals surface area contributed by atoms with Crippen LogP contribution in [-0.2, 0) is 15.6 Å². The van der Waals surface area contributed by atoms with Crippen molar-refractivity contribution in [3.05, 3.63) is 28.2 Å². The Kier molecular flexibility index (Phi) is 4.80. The van der Waals surface area contributed by atoms with E-state index < -0.39 is 9.84 Å². The Hall–Kier alpha value is -0.550. The Morgan fingerprint density at radius 3 is 2.62 bits per heavy atom. The van der Waals surface area contributed by atoms with Crippen molar-refractivity contribution in [1.29, 1.82) is 0 Å². The molecule has 1 aromatic rings. The van der Waals surface area contributed by atoms with Crippen LogP contribution < -0.4 is 5.73 Å². The molecular weight excluding hydrogens is 290 g/mol. The average Bonchev–Trinajstić information content (AvgIpc) is 2.21. The van der Waals surface area contributed by atoms with Crippen molar-refractivity contribution in [2.24, 2.45) is 0 Å². The van der Waals surface area contributed by atoms with E-state index in [4.69, 9.17) is 5.73 Å². The minimum Gasteiger partial charge on any atom is -0.398 e. The van der Waals surface area contributed by atoms with Crippen LogP contribution in [0.5, 0.6) is 0 Å². The molecule has 2 N–H and O–H groups in total. The highest BCUT2D eigenvalue weighted by Gasteiger charge is 2.15. The molecule has 1 aromatic carbocycles. The molecule has 5 heteroatoms. The number of hydrogen-bond donors (Lipinski definition) is 1. The van der Waals surface area contributed by atoms with Crippen molar-refractivity contribution in [1.82, 2.24) is 0 Å². The van der Waals surface area contributed by atoms with Gasteiger partial charge in [0, 0.05) is 15.7 Å². The average molecular weight is 306 g/mol. The van der Waals surface area contributed by atoms with Gasteiger partial charge in [0.25, 0.3) is 0 Å². The monoisotopic (exact) mass is 305 g/mol. The Morgan fingerprint density at radius 1 is 1.38 bits per heavy atom. The highest BCUT2D eigenvalue weighted by Crippen LogP contribution is 2.25. The van der Waals surface area contributed by atoms with Gasteiger partial charge in [-0.25, -0.2) is 8.42 Å². The highest BCUT2D eigenvalue weighted by molar-refractivity contribution is 9.10. The topological polar surface area (TPSA) is 60.2 Å². The molecule has 0 amide bonds. The zero-order valence-corrected chi connectivity index (χ0v) is 11.6. The summed E-state index contributed by atoms with van der Waals surface area (Å²) >= 11 is 3.32. The van der Waals surface area contributed by atoms with Crippen molar-refractivity contribution < 1.29 is 8.42 Å². The maximum Gasteiger partial charge on any atom is 0.154 e. The van der Waals surface area contributed by atoms with Gasteiger partial charge in [-0.1, -0.05) is 35.3 Å². The van der Waals surface area contributed by atoms with Crippen molar-refractivity contribution in [3.8, 4) is 0 Å². The van der Waals surface area contributed by atoms with E-state index in [0.29, 0.717) is 17.7 Å². The first-order valence-electron chi connectivity index (χ1n) is 5.19. The van der Waals surface area contributed by atoms with Crippen LogP contribution in [0.15, 0.2) is 22.7 Å². The van der Waals surface area contributed by atoms with Crippen LogP contribution in [0, 0.1) is 0 Å². The van der Waals surface area contributed by atoms with Crippen LogP contribution in [0.25, 0.3) is 0 Å². The molecule has 0 spiro atoms. The van der Waals surface area contributed by atoms with Crippen LogP contribution in [0.4, 0.5) is 5.69 Å². The normalized spacial score (nSPS) is 11.6. The summed E-state index contributed by atoms with van der Waals surface area (Å²) in [6.07, 6.45) is 1.58. The summed E-state index contributed by atoms with van der Waals surface area (Å²) in [6, 6.07) is 5.32. The number of rotatable bonds is 5. The van der Waals surface area contributed by atoms with Crippen molar-refractivity contribution in [2.75, 3.05) is 11.5 Å². The zero-order chi connectivity index (χ0) is 12.2. The molecule has 0 aliphatic carbocycles. The summed E-state index contributed by atoms with van der Waals surface area (Å²) in [7, 11) is -3.05. The Bertz CT molecular complexity index is 437. The number of benzene rings is 1. The minimum atomic E-state index is -3.05. The minimum absolute atomic E-state index is 0.0141. The number of unbranched alkanes of at least 4 members (excludes halogenated alkanes) is 1. The third-order valence-electron chi connectivity index (χ3n) is 2.33. The molecule has 0 bridgehead atoms. The van der Waals surface area contributed by atoms with Crippen molar-refractivity contribution in [2.45, 2.75) is 25.5 Å². The molecule has 0 aliphatic heterocycles. The lowest BCUT2D eigenvalue weighted by Gasteiger charge is -2.08. The van der Waals surface area contributed by atoms with Crippen LogP contribution in [0.1, 0.15) is 25.3 Å². The molecule has 0 unspecified atom stereocenters. The van der Waals surface area contributed by atoms with E-state index in [1.54, 1.807) is 18.2 Å². The summed E-state index contributed by atoms with van der Waals surface area (Å²) in [6.45, 7) is 1.97. The lowest BCUT2D eigenvalue weighted by molar-refractivity contribution is 0.592. The molecule has 0 aromatic heterocycles. The zero-order valence-electron chi connectivity index (χ0n) is 9.24. The molecular formula is C11H16BrNO2S. The molecule has 0 fully saturated rings. The summed E-state index contributed by atoms with van der Waals surface area (Å²) in [5.41, 5.74) is 6.95.